The molecule has 0 bridgehead atoms. The van der Waals surface area contributed by atoms with Crippen LogP contribution >= 0.6 is 15.2 Å². The van der Waals surface area contributed by atoms with Crippen molar-refractivity contribution in [1.29, 1.82) is 0 Å². The second-order valence-electron chi connectivity index (χ2n) is 6.91. The summed E-state index contributed by atoms with van der Waals surface area (Å²) in [6, 6.07) is 5.99. The predicted octanol–water partition coefficient (Wildman–Crippen LogP) is 1.74. The van der Waals surface area contributed by atoms with Crippen molar-refractivity contribution < 1.29 is 46.8 Å². The van der Waals surface area contributed by atoms with Crippen LogP contribution < -0.4 is 0 Å². The Labute approximate surface area is 176 Å². The van der Waals surface area contributed by atoms with E-state index in [0.717, 1.165) is 24.8 Å². The number of nitrogens with zero attached hydrogens (tertiary/aromatic N) is 1. The SMILES string of the molecule is CCCCCN(C)CCC(O)(P(=O)(O)O)P(=O)(O)O.Cc1ccc(S(=O)(=O)O)cc1. The van der Waals surface area contributed by atoms with Crippen molar-refractivity contribution in [2.75, 3.05) is 20.1 Å². The third kappa shape index (κ3) is 9.65. The molecule has 0 fully saturated rings. The maximum Gasteiger partial charge on any atom is 0.369 e. The quantitative estimate of drug-likeness (QED) is 0.159. The van der Waals surface area contributed by atoms with E-state index in [1.165, 1.54) is 12.1 Å². The second-order valence-corrected chi connectivity index (χ2v) is 12.3. The molecule has 0 saturated heterocycles. The summed E-state index contributed by atoms with van der Waals surface area (Å²) in [5, 5.41) is 6.35. The van der Waals surface area contributed by atoms with Crippen molar-refractivity contribution >= 4 is 25.3 Å². The van der Waals surface area contributed by atoms with Crippen LogP contribution in [-0.4, -0.2) is 67.8 Å². The van der Waals surface area contributed by atoms with Crippen LogP contribution in [-0.2, 0) is 19.2 Å². The van der Waals surface area contributed by atoms with Crippen molar-refractivity contribution in [2.45, 2.75) is 49.5 Å². The summed E-state index contributed by atoms with van der Waals surface area (Å²) < 4.78 is 51.8. The van der Waals surface area contributed by atoms with Gasteiger partial charge in [-0.3, -0.25) is 13.7 Å². The van der Waals surface area contributed by atoms with Crippen LogP contribution in [0.3, 0.4) is 0 Å². The fraction of sp³-hybridized carbons (Fsp3) is 0.625. The van der Waals surface area contributed by atoms with Gasteiger partial charge in [0.1, 0.15) is 0 Å². The van der Waals surface area contributed by atoms with E-state index in [-0.39, 0.29) is 11.4 Å². The minimum absolute atomic E-state index is 0.0174. The first kappa shape index (κ1) is 29.4. The van der Waals surface area contributed by atoms with Crippen molar-refractivity contribution in [2.24, 2.45) is 0 Å². The number of aliphatic hydroxyl groups is 1. The third-order valence-electron chi connectivity index (χ3n) is 4.22. The number of hydrogen-bond acceptors (Lipinski definition) is 6. The second kappa shape index (κ2) is 11.8. The summed E-state index contributed by atoms with van der Waals surface area (Å²) in [5.41, 5.74) is 0.956. The van der Waals surface area contributed by atoms with Gasteiger partial charge in [-0.1, -0.05) is 37.5 Å². The van der Waals surface area contributed by atoms with E-state index in [0.29, 0.717) is 6.54 Å². The molecule has 0 atom stereocenters. The largest absolute Gasteiger partial charge is 0.369 e. The first-order valence-corrected chi connectivity index (χ1v) is 13.7. The topological polar surface area (TPSA) is 193 Å². The molecule has 0 saturated carbocycles. The van der Waals surface area contributed by atoms with E-state index in [9.17, 15) is 22.7 Å². The summed E-state index contributed by atoms with van der Waals surface area (Å²) in [4.78, 5) is 37.4. The Morgan fingerprint density at radius 2 is 1.43 bits per heavy atom. The average molecular weight is 491 g/mol. The highest BCUT2D eigenvalue weighted by Crippen LogP contribution is 2.68. The molecular formula is C16H31NO10P2S. The molecule has 1 aromatic carbocycles. The molecule has 14 heteroatoms. The average Bonchev–Trinajstić information content (AvgIpc) is 2.58. The van der Waals surface area contributed by atoms with E-state index in [1.54, 1.807) is 24.1 Å². The zero-order valence-electron chi connectivity index (χ0n) is 17.1. The summed E-state index contributed by atoms with van der Waals surface area (Å²) in [5.74, 6) is 0. The van der Waals surface area contributed by atoms with Gasteiger partial charge in [0, 0.05) is 13.0 Å². The lowest BCUT2D eigenvalue weighted by Crippen LogP contribution is -2.34. The molecule has 0 unspecified atom stereocenters. The lowest BCUT2D eigenvalue weighted by Gasteiger charge is -2.30. The van der Waals surface area contributed by atoms with Crippen molar-refractivity contribution in [3.8, 4) is 0 Å². The Bertz CT molecular complexity index is 825. The number of hydrogen-bond donors (Lipinski definition) is 6. The summed E-state index contributed by atoms with van der Waals surface area (Å²) in [6.45, 7) is 4.48. The molecule has 0 spiro atoms. The molecule has 0 aliphatic rings. The zero-order chi connectivity index (χ0) is 23.8. The molecule has 0 heterocycles. The fourth-order valence-corrected chi connectivity index (χ4v) is 4.88. The van der Waals surface area contributed by atoms with Gasteiger partial charge < -0.3 is 29.6 Å². The molecule has 0 aliphatic carbocycles. The molecule has 1 rings (SSSR count). The van der Waals surface area contributed by atoms with Crippen molar-refractivity contribution in [3.05, 3.63) is 29.8 Å². The van der Waals surface area contributed by atoms with Crippen LogP contribution in [0.4, 0.5) is 0 Å². The maximum absolute atomic E-state index is 11.1. The normalized spacial score (nSPS) is 13.1. The highest BCUT2D eigenvalue weighted by molar-refractivity contribution is 7.85. The van der Waals surface area contributed by atoms with Gasteiger partial charge in [-0.2, -0.15) is 8.42 Å². The first-order valence-electron chi connectivity index (χ1n) is 9.02. The van der Waals surface area contributed by atoms with Gasteiger partial charge in [0.05, 0.1) is 4.90 Å². The Morgan fingerprint density at radius 3 is 1.80 bits per heavy atom. The van der Waals surface area contributed by atoms with E-state index in [1.807, 2.05) is 13.8 Å². The molecule has 0 aliphatic heterocycles. The molecule has 0 aromatic heterocycles. The summed E-state index contributed by atoms with van der Waals surface area (Å²) in [7, 11) is -13.0. The monoisotopic (exact) mass is 491 g/mol. The smallest absolute Gasteiger partial charge is 0.367 e. The third-order valence-corrected chi connectivity index (χ3v) is 8.97. The number of aryl methyl sites for hydroxylation is 1. The molecule has 176 valence electrons. The predicted molar refractivity (Wildman–Crippen MR) is 112 cm³/mol. The van der Waals surface area contributed by atoms with Crippen LogP contribution in [0.5, 0.6) is 0 Å². The molecule has 6 N–H and O–H groups in total. The standard InChI is InChI=1S/C9H23NO7P2.C7H8O3S/c1-3-4-5-7-10(2)8-6-9(11,18(12,13)14)19(15,16)17;1-6-2-4-7(5-3-6)11(8,9)10/h11H,3-8H2,1-2H3,(H2,12,13,14)(H2,15,16,17);2-5H,1H3,(H,8,9,10). The number of rotatable bonds is 10. The fourth-order valence-electron chi connectivity index (χ4n) is 2.26. The molecule has 0 radical (unpaired) electrons. The molecule has 0 amide bonds. The Kier molecular flexibility index (Phi) is 11.6. The maximum atomic E-state index is 11.1. The van der Waals surface area contributed by atoms with Crippen LogP contribution in [0.15, 0.2) is 29.2 Å². The first-order chi connectivity index (χ1) is 13.5. The van der Waals surface area contributed by atoms with Gasteiger partial charge >= 0.3 is 15.2 Å². The van der Waals surface area contributed by atoms with Gasteiger partial charge in [0.15, 0.2) is 0 Å². The van der Waals surface area contributed by atoms with E-state index >= 15 is 0 Å². The lowest BCUT2D eigenvalue weighted by atomic mass is 10.2. The summed E-state index contributed by atoms with van der Waals surface area (Å²) in [6.07, 6.45) is 2.19. The van der Waals surface area contributed by atoms with E-state index in [2.05, 4.69) is 0 Å². The number of benzene rings is 1. The molecule has 30 heavy (non-hydrogen) atoms. The molecule has 1 aromatic rings. The minimum atomic E-state index is -5.33. The summed E-state index contributed by atoms with van der Waals surface area (Å²) >= 11 is 0. The Hall–Kier alpha value is -0.650. The van der Waals surface area contributed by atoms with Crippen molar-refractivity contribution in [3.63, 3.8) is 0 Å². The van der Waals surface area contributed by atoms with E-state index < -0.39 is 36.8 Å². The van der Waals surface area contributed by atoms with Gasteiger partial charge in [-0.15, -0.1) is 0 Å². The number of unbranched alkanes of at least 4 members (excludes halogenated alkanes) is 2. The highest BCUT2D eigenvalue weighted by Gasteiger charge is 2.58. The molecule has 11 nitrogen and oxygen atoms in total. The van der Waals surface area contributed by atoms with Gasteiger partial charge in [-0.25, -0.2) is 0 Å². The van der Waals surface area contributed by atoms with Crippen molar-refractivity contribution in [1.82, 2.24) is 4.90 Å². The van der Waals surface area contributed by atoms with Crippen LogP contribution in [0.25, 0.3) is 0 Å². The van der Waals surface area contributed by atoms with Crippen LogP contribution in [0.1, 0.15) is 38.2 Å². The minimum Gasteiger partial charge on any atom is -0.367 e. The Balaban J connectivity index is 0.000000642. The molecular weight excluding hydrogens is 460 g/mol. The van der Waals surface area contributed by atoms with Crippen LogP contribution in [0.2, 0.25) is 0 Å². The van der Waals surface area contributed by atoms with Gasteiger partial charge in [0.2, 0.25) is 0 Å². The van der Waals surface area contributed by atoms with Crippen LogP contribution in [0, 0.1) is 6.92 Å². The van der Waals surface area contributed by atoms with E-state index in [4.69, 9.17) is 24.1 Å². The van der Waals surface area contributed by atoms with Gasteiger partial charge in [-0.05, 0) is 39.1 Å². The zero-order valence-corrected chi connectivity index (χ0v) is 19.7. The Morgan fingerprint density at radius 1 is 0.967 bits per heavy atom. The highest BCUT2D eigenvalue weighted by atomic mass is 32.2. The lowest BCUT2D eigenvalue weighted by molar-refractivity contribution is 0.112. The van der Waals surface area contributed by atoms with Gasteiger partial charge in [0.25, 0.3) is 15.2 Å².